The van der Waals surface area contributed by atoms with E-state index in [0.29, 0.717) is 23.8 Å². The molecule has 1 amide bonds. The summed E-state index contributed by atoms with van der Waals surface area (Å²) in [6.45, 7) is 8.05. The fraction of sp³-hybridized carbons (Fsp3) is 0.542. The first-order valence-electron chi connectivity index (χ1n) is 11.1. The van der Waals surface area contributed by atoms with E-state index in [4.69, 9.17) is 9.47 Å². The van der Waals surface area contributed by atoms with Crippen LogP contribution in [0.25, 0.3) is 11.3 Å². The zero-order chi connectivity index (χ0) is 22.1. The normalized spacial score (nSPS) is 23.3. The van der Waals surface area contributed by atoms with Crippen LogP contribution in [0, 0.1) is 19.8 Å². The summed E-state index contributed by atoms with van der Waals surface area (Å²) in [6.07, 6.45) is 3.83. The Morgan fingerprint density at radius 3 is 2.65 bits per heavy atom. The molecule has 1 aromatic carbocycles. The number of carbonyl (C=O) groups is 2. The molecule has 1 aliphatic carbocycles. The number of hydrogen-bond donors (Lipinski definition) is 0. The van der Waals surface area contributed by atoms with Crippen molar-refractivity contribution in [1.82, 2.24) is 4.98 Å². The van der Waals surface area contributed by atoms with Gasteiger partial charge in [0, 0.05) is 10.4 Å². The average molecular weight is 443 g/mol. The van der Waals surface area contributed by atoms with Crippen LogP contribution in [-0.2, 0) is 14.3 Å². The second-order valence-corrected chi connectivity index (χ2v) is 10.0. The Labute approximate surface area is 187 Å². The van der Waals surface area contributed by atoms with Gasteiger partial charge in [0.05, 0.1) is 16.4 Å². The van der Waals surface area contributed by atoms with E-state index >= 15 is 0 Å². The van der Waals surface area contributed by atoms with Crippen LogP contribution in [0.4, 0.5) is 5.69 Å². The zero-order valence-electron chi connectivity index (χ0n) is 18.6. The van der Waals surface area contributed by atoms with Crippen molar-refractivity contribution in [2.75, 3.05) is 11.4 Å². The molecule has 2 heterocycles. The second kappa shape index (κ2) is 8.99. The van der Waals surface area contributed by atoms with Crippen LogP contribution in [0.1, 0.15) is 55.8 Å². The van der Waals surface area contributed by atoms with Gasteiger partial charge in [-0.3, -0.25) is 14.5 Å². The minimum Gasteiger partial charge on any atom is -0.478 e. The van der Waals surface area contributed by atoms with Crippen molar-refractivity contribution in [1.29, 1.82) is 0 Å². The van der Waals surface area contributed by atoms with E-state index in [2.05, 4.69) is 11.9 Å². The molecule has 6 nitrogen and oxygen atoms in total. The molecule has 2 aliphatic rings. The number of benzene rings is 1. The molecule has 0 N–H and O–H groups in total. The molecule has 0 radical (unpaired) electrons. The molecule has 31 heavy (non-hydrogen) atoms. The molecule has 1 aliphatic heterocycles. The van der Waals surface area contributed by atoms with Crippen LogP contribution < -0.4 is 9.64 Å². The van der Waals surface area contributed by atoms with Crippen LogP contribution >= 0.6 is 11.3 Å². The minimum atomic E-state index is -0.593. The highest BCUT2D eigenvalue weighted by atomic mass is 32.1. The number of aryl methyl sites for hydroxylation is 2. The van der Waals surface area contributed by atoms with Crippen LogP contribution in [0.15, 0.2) is 18.2 Å². The smallest absolute Gasteiger partial charge is 0.326 e. The van der Waals surface area contributed by atoms with Crippen molar-refractivity contribution >= 4 is 28.9 Å². The maximum absolute atomic E-state index is 13.1. The number of anilines is 1. The molecule has 1 saturated carbocycles. The Balaban J connectivity index is 1.59. The lowest BCUT2D eigenvalue weighted by Crippen LogP contribution is -2.48. The summed E-state index contributed by atoms with van der Waals surface area (Å²) in [5.74, 6) is 0.734. The van der Waals surface area contributed by atoms with Crippen molar-refractivity contribution in [3.63, 3.8) is 0 Å². The SMILES string of the molecule is CCC1Oc2ccc(-c3nc(C)sc3C)cc2N(CC(=O)OC2CCC(C)CC2)C1=O. The Hall–Kier alpha value is -2.41. The highest BCUT2D eigenvalue weighted by Crippen LogP contribution is 2.39. The fourth-order valence-corrected chi connectivity index (χ4v) is 5.23. The number of hydrogen-bond acceptors (Lipinski definition) is 6. The predicted molar refractivity (Wildman–Crippen MR) is 122 cm³/mol. The Kier molecular flexibility index (Phi) is 6.32. The molecule has 4 rings (SSSR count). The summed E-state index contributed by atoms with van der Waals surface area (Å²) in [4.78, 5) is 33.1. The van der Waals surface area contributed by atoms with Gasteiger partial charge in [-0.25, -0.2) is 4.98 Å². The number of ether oxygens (including phenoxy) is 2. The first-order chi connectivity index (χ1) is 14.9. The molecular weight excluding hydrogens is 412 g/mol. The molecule has 1 atom stereocenters. The van der Waals surface area contributed by atoms with Gasteiger partial charge in [0.15, 0.2) is 6.10 Å². The molecule has 0 bridgehead atoms. The average Bonchev–Trinajstić information content (AvgIpc) is 3.09. The van der Waals surface area contributed by atoms with Crippen molar-refractivity contribution in [3.8, 4) is 17.0 Å². The molecular formula is C24H30N2O4S. The lowest BCUT2D eigenvalue weighted by atomic mass is 9.89. The Morgan fingerprint density at radius 1 is 1.26 bits per heavy atom. The topological polar surface area (TPSA) is 68.7 Å². The number of amides is 1. The maximum atomic E-state index is 13.1. The summed E-state index contributed by atoms with van der Waals surface area (Å²) in [5, 5.41) is 0.992. The molecule has 7 heteroatoms. The number of fused-ring (bicyclic) bond motifs is 1. The minimum absolute atomic E-state index is 0.0479. The van der Waals surface area contributed by atoms with Crippen molar-refractivity contribution in [2.45, 2.75) is 72.0 Å². The third kappa shape index (κ3) is 4.61. The van der Waals surface area contributed by atoms with E-state index in [-0.39, 0.29) is 24.5 Å². The molecule has 0 saturated heterocycles. The lowest BCUT2D eigenvalue weighted by Gasteiger charge is -2.34. The van der Waals surface area contributed by atoms with E-state index in [1.54, 1.807) is 11.3 Å². The van der Waals surface area contributed by atoms with Gasteiger partial charge >= 0.3 is 5.97 Å². The van der Waals surface area contributed by atoms with Crippen molar-refractivity contribution < 1.29 is 19.1 Å². The van der Waals surface area contributed by atoms with Gasteiger partial charge in [0.2, 0.25) is 0 Å². The predicted octanol–water partition coefficient (Wildman–Crippen LogP) is 5.05. The quantitative estimate of drug-likeness (QED) is 0.606. The Morgan fingerprint density at radius 2 is 2.00 bits per heavy atom. The summed E-state index contributed by atoms with van der Waals surface area (Å²) in [7, 11) is 0. The number of thiazole rings is 1. The molecule has 0 spiro atoms. The van der Waals surface area contributed by atoms with Crippen molar-refractivity contribution in [2.24, 2.45) is 5.92 Å². The van der Waals surface area contributed by atoms with E-state index < -0.39 is 6.10 Å². The highest BCUT2D eigenvalue weighted by molar-refractivity contribution is 7.11. The van der Waals surface area contributed by atoms with E-state index in [0.717, 1.165) is 46.8 Å². The van der Waals surface area contributed by atoms with Gasteiger partial charge < -0.3 is 9.47 Å². The largest absolute Gasteiger partial charge is 0.478 e. The fourth-order valence-electron chi connectivity index (χ4n) is 4.39. The summed E-state index contributed by atoms with van der Waals surface area (Å²) in [5.41, 5.74) is 2.41. The summed E-state index contributed by atoms with van der Waals surface area (Å²) in [6, 6.07) is 5.73. The lowest BCUT2D eigenvalue weighted by molar-refractivity contribution is -0.150. The molecule has 1 unspecified atom stereocenters. The van der Waals surface area contributed by atoms with Gasteiger partial charge in [-0.2, -0.15) is 0 Å². The van der Waals surface area contributed by atoms with Gasteiger partial charge in [-0.05, 0) is 70.1 Å². The van der Waals surface area contributed by atoms with Crippen molar-refractivity contribution in [3.05, 3.63) is 28.1 Å². The van der Waals surface area contributed by atoms with Crippen LogP contribution in [0.5, 0.6) is 5.75 Å². The first-order valence-corrected chi connectivity index (χ1v) is 11.9. The maximum Gasteiger partial charge on any atom is 0.326 e. The number of nitrogens with zero attached hydrogens (tertiary/aromatic N) is 2. The number of rotatable bonds is 5. The molecule has 2 aromatic rings. The first kappa shape index (κ1) is 21.8. The summed E-state index contributed by atoms with van der Waals surface area (Å²) >= 11 is 1.64. The monoisotopic (exact) mass is 442 g/mol. The zero-order valence-corrected chi connectivity index (χ0v) is 19.5. The molecule has 166 valence electrons. The van der Waals surface area contributed by atoms with Gasteiger partial charge in [-0.15, -0.1) is 11.3 Å². The van der Waals surface area contributed by atoms with Crippen LogP contribution in [0.2, 0.25) is 0 Å². The van der Waals surface area contributed by atoms with Gasteiger partial charge in [0.25, 0.3) is 5.91 Å². The van der Waals surface area contributed by atoms with Gasteiger partial charge in [-0.1, -0.05) is 13.8 Å². The second-order valence-electron chi connectivity index (χ2n) is 8.63. The number of aromatic nitrogens is 1. The highest BCUT2D eigenvalue weighted by Gasteiger charge is 2.35. The van der Waals surface area contributed by atoms with E-state index in [1.807, 2.05) is 39.0 Å². The van der Waals surface area contributed by atoms with Crippen LogP contribution in [0.3, 0.4) is 0 Å². The summed E-state index contributed by atoms with van der Waals surface area (Å²) < 4.78 is 11.7. The molecule has 1 aromatic heterocycles. The standard InChI is InChI=1S/C24H30N2O4S/c1-5-20-24(28)26(13-22(27)29-18-9-6-14(2)7-10-18)19-12-17(8-11-21(19)30-20)23-15(3)31-16(4)25-23/h8,11-12,14,18,20H,5-7,9-10,13H2,1-4H3. The number of esters is 1. The number of carbonyl (C=O) groups excluding carboxylic acids is 2. The Bertz CT molecular complexity index is 978. The van der Waals surface area contributed by atoms with E-state index in [9.17, 15) is 9.59 Å². The van der Waals surface area contributed by atoms with Gasteiger partial charge in [0.1, 0.15) is 18.4 Å². The van der Waals surface area contributed by atoms with Crippen LogP contribution in [-0.4, -0.2) is 35.6 Å². The van der Waals surface area contributed by atoms with E-state index in [1.165, 1.54) is 4.90 Å². The third-order valence-corrected chi connectivity index (χ3v) is 7.04. The third-order valence-electron chi connectivity index (χ3n) is 6.16. The molecule has 1 fully saturated rings.